The summed E-state index contributed by atoms with van der Waals surface area (Å²) >= 11 is 1.34. The van der Waals surface area contributed by atoms with Crippen LogP contribution in [0, 0.1) is 5.92 Å². The van der Waals surface area contributed by atoms with Gasteiger partial charge < -0.3 is 0 Å². The molecule has 24 heavy (non-hydrogen) atoms. The molecule has 0 aliphatic heterocycles. The number of rotatable bonds is 7. The van der Waals surface area contributed by atoms with Gasteiger partial charge in [0.05, 0.1) is 4.90 Å². The molecular formula is C15H20N4O3S2. The van der Waals surface area contributed by atoms with Crippen molar-refractivity contribution < 1.29 is 13.2 Å². The van der Waals surface area contributed by atoms with E-state index in [1.807, 2.05) is 0 Å². The molecular weight excluding hydrogens is 348 g/mol. The number of benzene rings is 1. The second-order valence-electron chi connectivity index (χ2n) is 5.58. The highest BCUT2D eigenvalue weighted by atomic mass is 32.2. The molecule has 9 heteroatoms. The number of nitrogens with zero attached hydrogens (tertiary/aromatic N) is 2. The van der Waals surface area contributed by atoms with E-state index in [0.717, 1.165) is 11.4 Å². The Kier molecular flexibility index (Phi) is 6.03. The van der Waals surface area contributed by atoms with E-state index in [2.05, 4.69) is 34.1 Å². The van der Waals surface area contributed by atoms with Crippen LogP contribution in [0.2, 0.25) is 0 Å². The van der Waals surface area contributed by atoms with Crippen molar-refractivity contribution in [3.8, 4) is 0 Å². The van der Waals surface area contributed by atoms with E-state index >= 15 is 0 Å². The van der Waals surface area contributed by atoms with Crippen molar-refractivity contribution >= 4 is 32.4 Å². The van der Waals surface area contributed by atoms with Gasteiger partial charge in [-0.2, -0.15) is 0 Å². The maximum Gasteiger partial charge on any atom is 0.257 e. The van der Waals surface area contributed by atoms with Crippen LogP contribution in [0.4, 0.5) is 5.13 Å². The molecule has 1 heterocycles. The molecule has 0 bridgehead atoms. The molecule has 0 radical (unpaired) electrons. The zero-order valence-corrected chi connectivity index (χ0v) is 15.4. The third-order valence-electron chi connectivity index (χ3n) is 3.03. The van der Waals surface area contributed by atoms with Gasteiger partial charge in [-0.05, 0) is 30.2 Å². The topological polar surface area (TPSA) is 101 Å². The molecule has 0 saturated carbocycles. The molecule has 0 aliphatic carbocycles. The van der Waals surface area contributed by atoms with Crippen molar-refractivity contribution in [2.45, 2.75) is 32.1 Å². The average molecular weight is 368 g/mol. The lowest BCUT2D eigenvalue weighted by Gasteiger charge is -2.05. The van der Waals surface area contributed by atoms with Gasteiger partial charge in [0.1, 0.15) is 5.01 Å². The lowest BCUT2D eigenvalue weighted by atomic mass is 10.1. The molecule has 0 atom stereocenters. The van der Waals surface area contributed by atoms with Gasteiger partial charge in [-0.15, -0.1) is 10.2 Å². The zero-order valence-electron chi connectivity index (χ0n) is 13.7. The third-order valence-corrected chi connectivity index (χ3v) is 5.45. The van der Waals surface area contributed by atoms with E-state index in [4.69, 9.17) is 0 Å². The number of carbonyl (C=O) groups excluding carboxylic acids is 1. The molecule has 0 fully saturated rings. The number of nitrogens with one attached hydrogen (secondary N) is 2. The molecule has 1 amide bonds. The molecule has 2 N–H and O–H groups in total. The average Bonchev–Trinajstić information content (AvgIpc) is 2.93. The molecule has 0 unspecified atom stereocenters. The van der Waals surface area contributed by atoms with Gasteiger partial charge in [0.25, 0.3) is 5.91 Å². The van der Waals surface area contributed by atoms with Crippen LogP contribution in [0.25, 0.3) is 0 Å². The van der Waals surface area contributed by atoms with Gasteiger partial charge in [-0.1, -0.05) is 32.1 Å². The molecule has 2 aromatic rings. The van der Waals surface area contributed by atoms with Gasteiger partial charge >= 0.3 is 0 Å². The molecule has 1 aromatic carbocycles. The minimum atomic E-state index is -3.52. The largest absolute Gasteiger partial charge is 0.296 e. The smallest absolute Gasteiger partial charge is 0.257 e. The van der Waals surface area contributed by atoms with Gasteiger partial charge in [0.15, 0.2) is 0 Å². The molecule has 0 saturated heterocycles. The van der Waals surface area contributed by atoms with Crippen LogP contribution in [0.3, 0.4) is 0 Å². The molecule has 7 nitrogen and oxygen atoms in total. The van der Waals surface area contributed by atoms with Gasteiger partial charge in [0.2, 0.25) is 15.2 Å². The fourth-order valence-electron chi connectivity index (χ4n) is 1.96. The minimum Gasteiger partial charge on any atom is -0.296 e. The minimum absolute atomic E-state index is 0.121. The van der Waals surface area contributed by atoms with Gasteiger partial charge in [-0.25, -0.2) is 13.1 Å². The fraction of sp³-hybridized carbons (Fsp3) is 0.400. The number of hydrogen-bond acceptors (Lipinski definition) is 6. The van der Waals surface area contributed by atoms with Crippen LogP contribution in [-0.4, -0.2) is 31.1 Å². The van der Waals surface area contributed by atoms with Crippen LogP contribution >= 0.6 is 11.3 Å². The van der Waals surface area contributed by atoms with E-state index in [9.17, 15) is 13.2 Å². The lowest BCUT2D eigenvalue weighted by Crippen LogP contribution is -2.23. The Morgan fingerprint density at radius 2 is 1.88 bits per heavy atom. The van der Waals surface area contributed by atoms with Crippen molar-refractivity contribution in [3.05, 3.63) is 34.8 Å². The SMILES string of the molecule is CCNS(=O)(=O)c1ccc(C(=O)Nc2nnc(CC(C)C)s2)cc1. The van der Waals surface area contributed by atoms with E-state index in [1.165, 1.54) is 35.6 Å². The predicted molar refractivity (Wildman–Crippen MR) is 93.7 cm³/mol. The Hall–Kier alpha value is -1.84. The number of amides is 1. The second-order valence-corrected chi connectivity index (χ2v) is 8.41. The summed E-state index contributed by atoms with van der Waals surface area (Å²) in [5.74, 6) is 0.113. The molecule has 0 aliphatic rings. The Morgan fingerprint density at radius 1 is 1.21 bits per heavy atom. The first kappa shape index (κ1) is 18.5. The molecule has 2 rings (SSSR count). The van der Waals surface area contributed by atoms with Crippen LogP contribution < -0.4 is 10.0 Å². The van der Waals surface area contributed by atoms with Crippen LogP contribution in [0.1, 0.15) is 36.1 Å². The first-order chi connectivity index (χ1) is 11.3. The summed E-state index contributed by atoms with van der Waals surface area (Å²) in [7, 11) is -3.52. The summed E-state index contributed by atoms with van der Waals surface area (Å²) in [5, 5.41) is 12.0. The lowest BCUT2D eigenvalue weighted by molar-refractivity contribution is 0.102. The molecule has 0 spiro atoms. The number of carbonyl (C=O) groups is 1. The first-order valence-electron chi connectivity index (χ1n) is 7.55. The normalized spacial score (nSPS) is 11.7. The summed E-state index contributed by atoms with van der Waals surface area (Å²) < 4.78 is 26.1. The van der Waals surface area contributed by atoms with Crippen LogP contribution in [-0.2, 0) is 16.4 Å². The third kappa shape index (κ3) is 4.83. The molecule has 1 aromatic heterocycles. The number of sulfonamides is 1. The highest BCUT2D eigenvalue weighted by Gasteiger charge is 2.15. The van der Waals surface area contributed by atoms with Gasteiger partial charge in [0, 0.05) is 18.5 Å². The number of aromatic nitrogens is 2. The number of hydrogen-bond donors (Lipinski definition) is 2. The number of anilines is 1. The second kappa shape index (κ2) is 7.82. The summed E-state index contributed by atoms with van der Waals surface area (Å²) in [6.07, 6.45) is 0.810. The van der Waals surface area contributed by atoms with E-state index in [0.29, 0.717) is 23.2 Å². The van der Waals surface area contributed by atoms with Crippen molar-refractivity contribution in [2.24, 2.45) is 5.92 Å². The summed E-state index contributed by atoms with van der Waals surface area (Å²) in [5.41, 5.74) is 0.353. The summed E-state index contributed by atoms with van der Waals surface area (Å²) in [6.45, 7) is 6.18. The fourth-order valence-corrected chi connectivity index (χ4v) is 3.95. The Labute approximate surface area is 145 Å². The van der Waals surface area contributed by atoms with Crippen molar-refractivity contribution in [2.75, 3.05) is 11.9 Å². The highest BCUT2D eigenvalue weighted by Crippen LogP contribution is 2.19. The van der Waals surface area contributed by atoms with Crippen molar-refractivity contribution in [3.63, 3.8) is 0 Å². The Bertz CT molecular complexity index is 798. The van der Waals surface area contributed by atoms with Gasteiger partial charge in [-0.3, -0.25) is 10.1 Å². The zero-order chi connectivity index (χ0) is 17.7. The Balaban J connectivity index is 2.06. The van der Waals surface area contributed by atoms with Crippen LogP contribution in [0.15, 0.2) is 29.2 Å². The Morgan fingerprint density at radius 3 is 2.46 bits per heavy atom. The van der Waals surface area contributed by atoms with Crippen LogP contribution in [0.5, 0.6) is 0 Å². The summed E-state index contributed by atoms with van der Waals surface area (Å²) in [6, 6.07) is 5.74. The highest BCUT2D eigenvalue weighted by molar-refractivity contribution is 7.89. The standard InChI is InChI=1S/C15H20N4O3S2/c1-4-16-24(21,22)12-7-5-11(6-8-12)14(20)17-15-19-18-13(23-15)9-10(2)3/h5-8,10,16H,4,9H2,1-3H3,(H,17,19,20). The quantitative estimate of drug-likeness (QED) is 0.781. The first-order valence-corrected chi connectivity index (χ1v) is 9.85. The van der Waals surface area contributed by atoms with E-state index < -0.39 is 10.0 Å². The molecule has 130 valence electrons. The van der Waals surface area contributed by atoms with Crippen molar-refractivity contribution in [1.29, 1.82) is 0 Å². The maximum absolute atomic E-state index is 12.2. The van der Waals surface area contributed by atoms with E-state index in [-0.39, 0.29) is 10.8 Å². The predicted octanol–water partition coefficient (Wildman–Crippen LogP) is 2.29. The maximum atomic E-state index is 12.2. The summed E-state index contributed by atoms with van der Waals surface area (Å²) in [4.78, 5) is 12.3. The van der Waals surface area contributed by atoms with Crippen molar-refractivity contribution in [1.82, 2.24) is 14.9 Å². The monoisotopic (exact) mass is 368 g/mol. The van der Waals surface area contributed by atoms with E-state index in [1.54, 1.807) is 6.92 Å².